The van der Waals surface area contributed by atoms with Crippen LogP contribution in [0.25, 0.3) is 0 Å². The maximum Gasteiger partial charge on any atom is 0.251 e. The molecule has 0 radical (unpaired) electrons. The molecule has 0 spiro atoms. The number of carbonyl (C=O) groups excluding carboxylic acids is 1. The van der Waals surface area contributed by atoms with E-state index in [4.69, 9.17) is 9.47 Å². The Hall–Kier alpha value is -3.34. The zero-order valence-corrected chi connectivity index (χ0v) is 16.1. The molecular formula is C23H24N2O3. The first-order chi connectivity index (χ1) is 13.7. The fourth-order valence-electron chi connectivity index (χ4n) is 2.79. The van der Waals surface area contributed by atoms with Gasteiger partial charge >= 0.3 is 0 Å². The van der Waals surface area contributed by atoms with Crippen molar-refractivity contribution in [3.63, 3.8) is 0 Å². The molecule has 0 saturated heterocycles. The molecular weight excluding hydrogens is 352 g/mol. The first-order valence-electron chi connectivity index (χ1n) is 9.31. The largest absolute Gasteiger partial charge is 0.490 e. The summed E-state index contributed by atoms with van der Waals surface area (Å²) in [7, 11) is 0. The van der Waals surface area contributed by atoms with E-state index in [0.29, 0.717) is 30.3 Å². The van der Waals surface area contributed by atoms with Crippen LogP contribution in [0.2, 0.25) is 0 Å². The molecule has 2 aromatic carbocycles. The van der Waals surface area contributed by atoms with Gasteiger partial charge in [0, 0.05) is 23.5 Å². The Bertz CT molecular complexity index is 898. The normalized spacial score (nSPS) is 11.5. The van der Waals surface area contributed by atoms with Crippen LogP contribution < -0.4 is 14.8 Å². The van der Waals surface area contributed by atoms with Gasteiger partial charge in [-0.3, -0.25) is 9.78 Å². The third-order valence-electron chi connectivity index (χ3n) is 4.27. The fraction of sp³-hybridized carbons (Fsp3) is 0.217. The summed E-state index contributed by atoms with van der Waals surface area (Å²) < 4.78 is 11.5. The van der Waals surface area contributed by atoms with Crippen molar-refractivity contribution >= 4 is 5.91 Å². The molecule has 1 aromatic heterocycles. The Kier molecular flexibility index (Phi) is 6.63. The molecule has 0 unspecified atom stereocenters. The van der Waals surface area contributed by atoms with Gasteiger partial charge in [-0.05, 0) is 43.7 Å². The van der Waals surface area contributed by atoms with Gasteiger partial charge in [-0.2, -0.15) is 0 Å². The molecule has 1 N–H and O–H groups in total. The number of hydrogen-bond acceptors (Lipinski definition) is 4. The third kappa shape index (κ3) is 5.10. The molecule has 3 aromatic rings. The Morgan fingerprint density at radius 3 is 2.57 bits per heavy atom. The number of carbonyl (C=O) groups is 1. The van der Waals surface area contributed by atoms with Crippen LogP contribution in [0.3, 0.4) is 0 Å². The Morgan fingerprint density at radius 1 is 1.04 bits per heavy atom. The summed E-state index contributed by atoms with van der Waals surface area (Å²) in [6.07, 6.45) is 3.48. The van der Waals surface area contributed by atoms with Gasteiger partial charge in [0.15, 0.2) is 11.5 Å². The molecule has 144 valence electrons. The highest BCUT2D eigenvalue weighted by molar-refractivity contribution is 5.95. The van der Waals surface area contributed by atoms with Crippen LogP contribution in [0, 0.1) is 0 Å². The predicted octanol–water partition coefficient (Wildman–Crippen LogP) is 4.55. The average Bonchev–Trinajstić information content (AvgIpc) is 2.74. The number of nitrogens with zero attached hydrogens (tertiary/aromatic N) is 1. The second kappa shape index (κ2) is 9.55. The molecule has 0 fully saturated rings. The van der Waals surface area contributed by atoms with Crippen molar-refractivity contribution < 1.29 is 14.3 Å². The van der Waals surface area contributed by atoms with Crippen molar-refractivity contribution in [3.8, 4) is 11.5 Å². The van der Waals surface area contributed by atoms with Crippen molar-refractivity contribution in [2.24, 2.45) is 0 Å². The van der Waals surface area contributed by atoms with Crippen LogP contribution in [0.4, 0.5) is 0 Å². The molecule has 0 bridgehead atoms. The van der Waals surface area contributed by atoms with E-state index in [9.17, 15) is 4.79 Å². The van der Waals surface area contributed by atoms with Gasteiger partial charge in [0.2, 0.25) is 0 Å². The summed E-state index contributed by atoms with van der Waals surface area (Å²) in [6, 6.07) is 18.8. The maximum absolute atomic E-state index is 12.7. The summed E-state index contributed by atoms with van der Waals surface area (Å²) in [4.78, 5) is 16.7. The predicted molar refractivity (Wildman–Crippen MR) is 109 cm³/mol. The Labute approximate surface area is 165 Å². The number of benzene rings is 2. The second-order valence-corrected chi connectivity index (χ2v) is 6.35. The van der Waals surface area contributed by atoms with Gasteiger partial charge in [-0.1, -0.05) is 36.4 Å². The van der Waals surface area contributed by atoms with Crippen LogP contribution in [-0.4, -0.2) is 17.5 Å². The quantitative estimate of drug-likeness (QED) is 0.626. The molecule has 0 saturated carbocycles. The number of amides is 1. The summed E-state index contributed by atoms with van der Waals surface area (Å²) in [5.74, 6) is 0.987. The van der Waals surface area contributed by atoms with Gasteiger partial charge in [0.25, 0.3) is 5.91 Å². The number of aromatic nitrogens is 1. The highest BCUT2D eigenvalue weighted by atomic mass is 16.5. The summed E-state index contributed by atoms with van der Waals surface area (Å²) in [6.45, 7) is 4.72. The highest BCUT2D eigenvalue weighted by Crippen LogP contribution is 2.29. The number of hydrogen-bond donors (Lipinski definition) is 1. The van der Waals surface area contributed by atoms with E-state index in [-0.39, 0.29) is 11.9 Å². The van der Waals surface area contributed by atoms with Crippen LogP contribution in [0.5, 0.6) is 11.5 Å². The lowest BCUT2D eigenvalue weighted by molar-refractivity contribution is 0.0939. The van der Waals surface area contributed by atoms with Crippen molar-refractivity contribution in [2.75, 3.05) is 6.61 Å². The summed E-state index contributed by atoms with van der Waals surface area (Å²) >= 11 is 0. The van der Waals surface area contributed by atoms with E-state index in [0.717, 1.165) is 11.1 Å². The molecule has 28 heavy (non-hydrogen) atoms. The third-order valence-corrected chi connectivity index (χ3v) is 4.27. The topological polar surface area (TPSA) is 60.5 Å². The minimum atomic E-state index is -0.156. The van der Waals surface area contributed by atoms with Crippen molar-refractivity contribution in [1.82, 2.24) is 10.3 Å². The monoisotopic (exact) mass is 376 g/mol. The number of pyridine rings is 1. The van der Waals surface area contributed by atoms with E-state index in [2.05, 4.69) is 10.3 Å². The molecule has 1 atom stereocenters. The average molecular weight is 376 g/mol. The first-order valence-corrected chi connectivity index (χ1v) is 9.31. The minimum absolute atomic E-state index is 0.0919. The lowest BCUT2D eigenvalue weighted by Crippen LogP contribution is -2.26. The van der Waals surface area contributed by atoms with E-state index in [1.54, 1.807) is 30.6 Å². The second-order valence-electron chi connectivity index (χ2n) is 6.35. The van der Waals surface area contributed by atoms with Gasteiger partial charge in [-0.25, -0.2) is 0 Å². The van der Waals surface area contributed by atoms with Crippen molar-refractivity contribution in [1.29, 1.82) is 0 Å². The van der Waals surface area contributed by atoms with Gasteiger partial charge in [0.05, 0.1) is 12.6 Å². The summed E-state index contributed by atoms with van der Waals surface area (Å²) in [5, 5.41) is 3.02. The van der Waals surface area contributed by atoms with Crippen molar-refractivity contribution in [2.45, 2.75) is 26.5 Å². The van der Waals surface area contributed by atoms with Crippen LogP contribution in [-0.2, 0) is 6.61 Å². The Balaban J connectivity index is 1.71. The number of ether oxygens (including phenoxy) is 2. The molecule has 0 aliphatic heterocycles. The van der Waals surface area contributed by atoms with Gasteiger partial charge in [0.1, 0.15) is 6.61 Å². The fourth-order valence-corrected chi connectivity index (χ4v) is 2.79. The van der Waals surface area contributed by atoms with E-state index in [1.165, 1.54) is 0 Å². The SMILES string of the molecule is CCOc1cc(C(=O)N[C@@H](C)c2ccccc2)ccc1OCc1cccnc1. The molecule has 3 rings (SSSR count). The van der Waals surface area contributed by atoms with Crippen LogP contribution in [0.1, 0.15) is 41.4 Å². The smallest absolute Gasteiger partial charge is 0.251 e. The minimum Gasteiger partial charge on any atom is -0.490 e. The number of nitrogens with one attached hydrogen (secondary N) is 1. The maximum atomic E-state index is 12.7. The van der Waals surface area contributed by atoms with E-state index < -0.39 is 0 Å². The number of rotatable bonds is 8. The zero-order chi connectivity index (χ0) is 19.8. The zero-order valence-electron chi connectivity index (χ0n) is 16.1. The lowest BCUT2D eigenvalue weighted by atomic mass is 10.1. The van der Waals surface area contributed by atoms with E-state index in [1.807, 2.05) is 56.3 Å². The van der Waals surface area contributed by atoms with Crippen molar-refractivity contribution in [3.05, 3.63) is 89.7 Å². The molecule has 0 aliphatic carbocycles. The van der Waals surface area contributed by atoms with E-state index >= 15 is 0 Å². The highest BCUT2D eigenvalue weighted by Gasteiger charge is 2.14. The van der Waals surface area contributed by atoms with Gasteiger partial charge < -0.3 is 14.8 Å². The Morgan fingerprint density at radius 2 is 1.86 bits per heavy atom. The first kappa shape index (κ1) is 19.4. The molecule has 1 amide bonds. The standard InChI is InChI=1S/C23H24N2O3/c1-3-27-22-14-20(23(26)25-17(2)19-9-5-4-6-10-19)11-12-21(22)28-16-18-8-7-13-24-15-18/h4-15,17H,3,16H2,1-2H3,(H,25,26)/t17-/m0/s1. The summed E-state index contributed by atoms with van der Waals surface area (Å²) in [5.41, 5.74) is 2.54. The molecule has 5 nitrogen and oxygen atoms in total. The van der Waals surface area contributed by atoms with Gasteiger partial charge in [-0.15, -0.1) is 0 Å². The molecule has 0 aliphatic rings. The molecule has 5 heteroatoms. The lowest BCUT2D eigenvalue weighted by Gasteiger charge is -2.16. The molecule has 1 heterocycles. The van der Waals surface area contributed by atoms with Crippen LogP contribution >= 0.6 is 0 Å². The van der Waals surface area contributed by atoms with Crippen LogP contribution in [0.15, 0.2) is 73.1 Å².